The van der Waals surface area contributed by atoms with Gasteiger partial charge in [0.2, 0.25) is 5.89 Å². The molecule has 2 rings (SSSR count). The van der Waals surface area contributed by atoms with Crippen LogP contribution < -0.4 is 5.32 Å². The largest absolute Gasteiger partial charge is 0.340 e. The second-order valence-electron chi connectivity index (χ2n) is 5.15. The normalized spacial score (nSPS) is 25.4. The van der Waals surface area contributed by atoms with Crippen LogP contribution in [0.25, 0.3) is 0 Å². The lowest BCUT2D eigenvalue weighted by molar-refractivity contribution is 0.134. The molecule has 2 heterocycles. The third kappa shape index (κ3) is 3.78. The zero-order valence-corrected chi connectivity index (χ0v) is 11.4. The number of nitrogens with one attached hydrogen (secondary N) is 1. The number of nitrogens with zero attached hydrogens (tertiary/aromatic N) is 3. The quantitative estimate of drug-likeness (QED) is 0.831. The van der Waals surface area contributed by atoms with Crippen molar-refractivity contribution < 1.29 is 4.52 Å². The maximum Gasteiger partial charge on any atom is 0.227 e. The summed E-state index contributed by atoms with van der Waals surface area (Å²) in [5.41, 5.74) is 0. The van der Waals surface area contributed by atoms with Crippen molar-refractivity contribution >= 4 is 0 Å². The first-order chi connectivity index (χ1) is 8.79. The highest BCUT2D eigenvalue weighted by Gasteiger charge is 2.24. The molecule has 5 heteroatoms. The van der Waals surface area contributed by atoms with E-state index in [4.69, 9.17) is 4.52 Å². The van der Waals surface area contributed by atoms with Crippen molar-refractivity contribution in [2.45, 2.75) is 51.6 Å². The van der Waals surface area contributed by atoms with E-state index in [9.17, 15) is 0 Å². The van der Waals surface area contributed by atoms with Crippen LogP contribution in [0.15, 0.2) is 10.9 Å². The lowest BCUT2D eigenvalue weighted by atomic mass is 9.98. The van der Waals surface area contributed by atoms with Gasteiger partial charge in [0.15, 0.2) is 6.33 Å². The van der Waals surface area contributed by atoms with E-state index in [1.807, 2.05) is 0 Å². The first-order valence-corrected chi connectivity index (χ1v) is 7.02. The van der Waals surface area contributed by atoms with Crippen molar-refractivity contribution in [2.24, 2.45) is 0 Å². The molecule has 0 radical (unpaired) electrons. The van der Waals surface area contributed by atoms with E-state index in [-0.39, 0.29) is 0 Å². The molecular formula is C13H24N4O. The molecule has 1 aliphatic rings. The number of piperidine rings is 1. The summed E-state index contributed by atoms with van der Waals surface area (Å²) in [5, 5.41) is 7.26. The van der Waals surface area contributed by atoms with Crippen molar-refractivity contribution in [3.8, 4) is 0 Å². The molecule has 0 aliphatic carbocycles. The Morgan fingerprint density at radius 2 is 2.44 bits per heavy atom. The average Bonchev–Trinajstić information content (AvgIpc) is 2.88. The second-order valence-corrected chi connectivity index (χ2v) is 5.15. The number of hydrogen-bond acceptors (Lipinski definition) is 5. The molecule has 0 amide bonds. The zero-order valence-electron chi connectivity index (χ0n) is 11.4. The Kier molecular flexibility index (Phi) is 5.13. The number of aromatic nitrogens is 2. The van der Waals surface area contributed by atoms with Crippen molar-refractivity contribution in [1.29, 1.82) is 0 Å². The Labute approximate surface area is 109 Å². The molecular weight excluding hydrogens is 228 g/mol. The highest BCUT2D eigenvalue weighted by atomic mass is 16.5. The molecule has 2 unspecified atom stereocenters. The predicted molar refractivity (Wildman–Crippen MR) is 70.4 cm³/mol. The molecule has 102 valence electrons. The summed E-state index contributed by atoms with van der Waals surface area (Å²) in [6, 6.07) is 1.33. The highest BCUT2D eigenvalue weighted by molar-refractivity contribution is 4.85. The van der Waals surface area contributed by atoms with Gasteiger partial charge in [-0.05, 0) is 39.3 Å². The monoisotopic (exact) mass is 252 g/mol. The molecule has 1 saturated heterocycles. The fraction of sp³-hybridized carbons (Fsp3) is 0.846. The summed E-state index contributed by atoms with van der Waals surface area (Å²) in [6.07, 6.45) is 6.03. The number of rotatable bonds is 6. The minimum Gasteiger partial charge on any atom is -0.340 e. The first-order valence-electron chi connectivity index (χ1n) is 7.02. The molecule has 1 aromatic heterocycles. The van der Waals surface area contributed by atoms with Gasteiger partial charge < -0.3 is 14.7 Å². The fourth-order valence-electron chi connectivity index (χ4n) is 2.63. The molecule has 2 atom stereocenters. The Bertz CT molecular complexity index is 328. The molecule has 0 aromatic carbocycles. The van der Waals surface area contributed by atoms with E-state index in [2.05, 4.69) is 34.2 Å². The van der Waals surface area contributed by atoms with E-state index >= 15 is 0 Å². The summed E-state index contributed by atoms with van der Waals surface area (Å²) in [6.45, 7) is 7.85. The van der Waals surface area contributed by atoms with Crippen molar-refractivity contribution in [2.75, 3.05) is 19.6 Å². The molecule has 5 nitrogen and oxygen atoms in total. The van der Waals surface area contributed by atoms with Crippen LogP contribution >= 0.6 is 0 Å². The van der Waals surface area contributed by atoms with Crippen LogP contribution in [0.5, 0.6) is 0 Å². The van der Waals surface area contributed by atoms with Crippen LogP contribution in [0, 0.1) is 0 Å². The minimum absolute atomic E-state index is 0.635. The van der Waals surface area contributed by atoms with Gasteiger partial charge in [-0.3, -0.25) is 0 Å². The third-order valence-corrected chi connectivity index (χ3v) is 3.72. The third-order valence-electron chi connectivity index (χ3n) is 3.72. The standard InChI is InChI=1S/C13H24N4O/c1-3-6-14-12-4-7-17(11(2)9-12)8-5-13-15-10-16-18-13/h10-12,14H,3-9H2,1-2H3. The molecule has 1 fully saturated rings. The van der Waals surface area contributed by atoms with E-state index in [1.54, 1.807) is 0 Å². The second kappa shape index (κ2) is 6.85. The smallest absolute Gasteiger partial charge is 0.227 e. The van der Waals surface area contributed by atoms with Gasteiger partial charge in [0.25, 0.3) is 0 Å². The SMILES string of the molecule is CCCNC1CCN(CCc2ncno2)C(C)C1. The summed E-state index contributed by atoms with van der Waals surface area (Å²) >= 11 is 0. The van der Waals surface area contributed by atoms with E-state index in [0.29, 0.717) is 12.1 Å². The molecule has 18 heavy (non-hydrogen) atoms. The number of likely N-dealkylation sites (tertiary alicyclic amines) is 1. The van der Waals surface area contributed by atoms with Crippen molar-refractivity contribution in [3.63, 3.8) is 0 Å². The van der Waals surface area contributed by atoms with Gasteiger partial charge in [-0.2, -0.15) is 4.98 Å². The Hall–Kier alpha value is -0.940. The van der Waals surface area contributed by atoms with Gasteiger partial charge in [-0.1, -0.05) is 12.1 Å². The van der Waals surface area contributed by atoms with Gasteiger partial charge >= 0.3 is 0 Å². The summed E-state index contributed by atoms with van der Waals surface area (Å²) in [5.74, 6) is 0.744. The van der Waals surface area contributed by atoms with Crippen molar-refractivity contribution in [1.82, 2.24) is 20.4 Å². The molecule has 1 aromatic rings. The zero-order chi connectivity index (χ0) is 12.8. The van der Waals surface area contributed by atoms with E-state index in [0.717, 1.165) is 31.9 Å². The first kappa shape index (κ1) is 13.5. The van der Waals surface area contributed by atoms with Crippen LogP contribution in [0.3, 0.4) is 0 Å². The summed E-state index contributed by atoms with van der Waals surface area (Å²) in [7, 11) is 0. The molecule has 0 bridgehead atoms. The summed E-state index contributed by atoms with van der Waals surface area (Å²) in [4.78, 5) is 6.59. The lowest BCUT2D eigenvalue weighted by Gasteiger charge is -2.37. The van der Waals surface area contributed by atoms with Crippen LogP contribution in [0.2, 0.25) is 0 Å². The minimum atomic E-state index is 0.635. The maximum atomic E-state index is 5.03. The molecule has 1 aliphatic heterocycles. The molecule has 0 spiro atoms. The Morgan fingerprint density at radius 3 is 3.11 bits per heavy atom. The van der Waals surface area contributed by atoms with Gasteiger partial charge in [-0.15, -0.1) is 0 Å². The van der Waals surface area contributed by atoms with Gasteiger partial charge in [0.05, 0.1) is 0 Å². The van der Waals surface area contributed by atoms with E-state index < -0.39 is 0 Å². The maximum absolute atomic E-state index is 5.03. The summed E-state index contributed by atoms with van der Waals surface area (Å²) < 4.78 is 5.03. The van der Waals surface area contributed by atoms with Crippen molar-refractivity contribution in [3.05, 3.63) is 12.2 Å². The van der Waals surface area contributed by atoms with Crippen LogP contribution in [0.1, 0.15) is 39.0 Å². The van der Waals surface area contributed by atoms with Gasteiger partial charge in [-0.25, -0.2) is 0 Å². The average molecular weight is 252 g/mol. The predicted octanol–water partition coefficient (Wildman–Crippen LogP) is 1.46. The van der Waals surface area contributed by atoms with Gasteiger partial charge in [0, 0.05) is 25.0 Å². The molecule has 1 N–H and O–H groups in total. The fourth-order valence-corrected chi connectivity index (χ4v) is 2.63. The lowest BCUT2D eigenvalue weighted by Crippen LogP contribution is -2.48. The van der Waals surface area contributed by atoms with Crippen LogP contribution in [-0.2, 0) is 6.42 Å². The Morgan fingerprint density at radius 1 is 1.56 bits per heavy atom. The topological polar surface area (TPSA) is 54.2 Å². The van der Waals surface area contributed by atoms with Crippen LogP contribution in [-0.4, -0.2) is 46.8 Å². The van der Waals surface area contributed by atoms with Gasteiger partial charge in [0.1, 0.15) is 0 Å². The number of hydrogen-bond donors (Lipinski definition) is 1. The Balaban J connectivity index is 1.72. The van der Waals surface area contributed by atoms with Crippen LogP contribution in [0.4, 0.5) is 0 Å². The molecule has 0 saturated carbocycles. The highest BCUT2D eigenvalue weighted by Crippen LogP contribution is 2.17. The van der Waals surface area contributed by atoms with E-state index in [1.165, 1.54) is 25.6 Å².